The second kappa shape index (κ2) is 8.06. The number of carboxylic acids is 1. The van der Waals surface area contributed by atoms with E-state index in [1.807, 2.05) is 0 Å². The number of nitrogens with one attached hydrogen (secondary N) is 1. The molecule has 20 heavy (non-hydrogen) atoms. The molecule has 0 aliphatic carbocycles. The monoisotopic (exact) mass is 278 g/mol. The van der Waals surface area contributed by atoms with E-state index in [-0.39, 0.29) is 5.56 Å². The Labute approximate surface area is 117 Å². The van der Waals surface area contributed by atoms with Gasteiger partial charge in [0, 0.05) is 11.1 Å². The SMILES string of the molecule is NCCCC[C@H](NC(=O)c1cccc(C=O)c1)C(=O)O. The van der Waals surface area contributed by atoms with Gasteiger partial charge in [0.1, 0.15) is 12.3 Å². The molecule has 0 radical (unpaired) electrons. The van der Waals surface area contributed by atoms with Crippen molar-refractivity contribution in [2.24, 2.45) is 5.73 Å². The van der Waals surface area contributed by atoms with Gasteiger partial charge >= 0.3 is 5.97 Å². The molecule has 0 aliphatic heterocycles. The van der Waals surface area contributed by atoms with Gasteiger partial charge in [0.05, 0.1) is 0 Å². The minimum absolute atomic E-state index is 0.264. The quantitative estimate of drug-likeness (QED) is 0.481. The maximum absolute atomic E-state index is 11.9. The average Bonchev–Trinajstić information content (AvgIpc) is 2.46. The highest BCUT2D eigenvalue weighted by Crippen LogP contribution is 2.06. The van der Waals surface area contributed by atoms with Gasteiger partial charge in [0.25, 0.3) is 5.91 Å². The number of hydrogen-bond donors (Lipinski definition) is 3. The molecule has 0 heterocycles. The van der Waals surface area contributed by atoms with Crippen LogP contribution in [0.1, 0.15) is 40.0 Å². The highest BCUT2D eigenvalue weighted by molar-refractivity contribution is 5.97. The molecular weight excluding hydrogens is 260 g/mol. The number of carbonyl (C=O) groups excluding carboxylic acids is 2. The van der Waals surface area contributed by atoms with Crippen molar-refractivity contribution in [2.45, 2.75) is 25.3 Å². The van der Waals surface area contributed by atoms with Gasteiger partial charge in [-0.3, -0.25) is 9.59 Å². The fourth-order valence-corrected chi connectivity index (χ4v) is 1.74. The minimum atomic E-state index is -1.08. The number of hydrogen-bond acceptors (Lipinski definition) is 4. The third-order valence-corrected chi connectivity index (χ3v) is 2.84. The van der Waals surface area contributed by atoms with Gasteiger partial charge in [-0.25, -0.2) is 4.79 Å². The van der Waals surface area contributed by atoms with Crippen molar-refractivity contribution >= 4 is 18.2 Å². The first-order valence-electron chi connectivity index (χ1n) is 6.37. The van der Waals surface area contributed by atoms with Crippen LogP contribution in [0, 0.1) is 0 Å². The Balaban J connectivity index is 2.69. The molecule has 1 amide bonds. The van der Waals surface area contributed by atoms with Gasteiger partial charge in [-0.15, -0.1) is 0 Å². The van der Waals surface area contributed by atoms with Crippen molar-refractivity contribution < 1.29 is 19.5 Å². The van der Waals surface area contributed by atoms with Crippen molar-refractivity contribution in [3.05, 3.63) is 35.4 Å². The predicted molar refractivity (Wildman–Crippen MR) is 73.6 cm³/mol. The summed E-state index contributed by atoms with van der Waals surface area (Å²) in [5, 5.41) is 11.5. The number of aldehydes is 1. The van der Waals surface area contributed by atoms with Crippen LogP contribution in [0.3, 0.4) is 0 Å². The summed E-state index contributed by atoms with van der Waals surface area (Å²) >= 11 is 0. The minimum Gasteiger partial charge on any atom is -0.480 e. The molecule has 1 atom stereocenters. The molecule has 0 spiro atoms. The van der Waals surface area contributed by atoms with Crippen LogP contribution >= 0.6 is 0 Å². The van der Waals surface area contributed by atoms with Crippen LogP contribution in [0.15, 0.2) is 24.3 Å². The Hall–Kier alpha value is -2.21. The lowest BCUT2D eigenvalue weighted by Crippen LogP contribution is -2.40. The number of rotatable bonds is 8. The van der Waals surface area contributed by atoms with E-state index in [0.717, 1.165) is 0 Å². The summed E-state index contributed by atoms with van der Waals surface area (Å²) in [5.74, 6) is -1.59. The molecule has 1 aromatic rings. The van der Waals surface area contributed by atoms with Gasteiger partial charge in [0.2, 0.25) is 0 Å². The lowest BCUT2D eigenvalue weighted by Gasteiger charge is -2.14. The van der Waals surface area contributed by atoms with E-state index in [2.05, 4.69) is 5.32 Å². The van der Waals surface area contributed by atoms with Gasteiger partial charge in [-0.2, -0.15) is 0 Å². The molecule has 0 fully saturated rings. The Morgan fingerprint density at radius 2 is 2.10 bits per heavy atom. The van der Waals surface area contributed by atoms with Gasteiger partial charge in [-0.1, -0.05) is 12.1 Å². The van der Waals surface area contributed by atoms with Crippen molar-refractivity contribution in [1.82, 2.24) is 5.32 Å². The zero-order valence-corrected chi connectivity index (χ0v) is 11.0. The molecule has 1 aromatic carbocycles. The zero-order valence-electron chi connectivity index (χ0n) is 11.0. The molecule has 4 N–H and O–H groups in total. The molecule has 6 heteroatoms. The highest BCUT2D eigenvalue weighted by Gasteiger charge is 2.20. The number of benzene rings is 1. The van der Waals surface area contributed by atoms with Gasteiger partial charge in [0.15, 0.2) is 0 Å². The Bertz CT molecular complexity index is 488. The molecule has 0 bridgehead atoms. The lowest BCUT2D eigenvalue weighted by molar-refractivity contribution is -0.139. The highest BCUT2D eigenvalue weighted by atomic mass is 16.4. The smallest absolute Gasteiger partial charge is 0.326 e. The third kappa shape index (κ3) is 4.81. The van der Waals surface area contributed by atoms with Crippen LogP contribution in [0.25, 0.3) is 0 Å². The standard InChI is InChI=1S/C14H18N2O4/c15-7-2-1-6-12(14(19)20)16-13(18)11-5-3-4-10(8-11)9-17/h3-5,8-9,12H,1-2,6-7,15H2,(H,16,18)(H,19,20)/t12-/m0/s1. The summed E-state index contributed by atoms with van der Waals surface area (Å²) in [5.41, 5.74) is 5.98. The van der Waals surface area contributed by atoms with E-state index in [9.17, 15) is 14.4 Å². The maximum Gasteiger partial charge on any atom is 0.326 e. The molecular formula is C14H18N2O4. The fourth-order valence-electron chi connectivity index (χ4n) is 1.74. The summed E-state index contributed by atoms with van der Waals surface area (Å²) in [6, 6.07) is 5.14. The van der Waals surface area contributed by atoms with E-state index >= 15 is 0 Å². The summed E-state index contributed by atoms with van der Waals surface area (Å²) < 4.78 is 0. The number of unbranched alkanes of at least 4 members (excludes halogenated alkanes) is 1. The average molecular weight is 278 g/mol. The van der Waals surface area contributed by atoms with Crippen LogP contribution in [-0.2, 0) is 4.79 Å². The number of carboxylic acid groups (broad SMARTS) is 1. The fraction of sp³-hybridized carbons (Fsp3) is 0.357. The Morgan fingerprint density at radius 1 is 1.35 bits per heavy atom. The molecule has 0 aromatic heterocycles. The molecule has 0 saturated carbocycles. The van der Waals surface area contributed by atoms with Crippen LogP contribution in [0.4, 0.5) is 0 Å². The molecule has 0 aliphatic rings. The predicted octanol–water partition coefficient (Wildman–Crippen LogP) is 0.811. The van der Waals surface area contributed by atoms with Crippen LogP contribution in [-0.4, -0.2) is 35.9 Å². The van der Waals surface area contributed by atoms with Crippen LogP contribution in [0.2, 0.25) is 0 Å². The molecule has 1 rings (SSSR count). The van der Waals surface area contributed by atoms with E-state index in [4.69, 9.17) is 10.8 Å². The Morgan fingerprint density at radius 3 is 2.70 bits per heavy atom. The maximum atomic E-state index is 11.9. The third-order valence-electron chi connectivity index (χ3n) is 2.84. The Kier molecular flexibility index (Phi) is 6.39. The normalized spacial score (nSPS) is 11.7. The topological polar surface area (TPSA) is 109 Å². The van der Waals surface area contributed by atoms with Crippen molar-refractivity contribution in [2.75, 3.05) is 6.54 Å². The van der Waals surface area contributed by atoms with Crippen LogP contribution < -0.4 is 11.1 Å². The van der Waals surface area contributed by atoms with Crippen molar-refractivity contribution in [1.29, 1.82) is 0 Å². The first-order chi connectivity index (χ1) is 9.58. The molecule has 6 nitrogen and oxygen atoms in total. The van der Waals surface area contributed by atoms with Crippen molar-refractivity contribution in [3.8, 4) is 0 Å². The molecule has 0 unspecified atom stereocenters. The van der Waals surface area contributed by atoms with Crippen molar-refractivity contribution in [3.63, 3.8) is 0 Å². The lowest BCUT2D eigenvalue weighted by atomic mass is 10.1. The summed E-state index contributed by atoms with van der Waals surface area (Å²) in [6.45, 7) is 0.488. The van der Waals surface area contributed by atoms with E-state index in [1.54, 1.807) is 12.1 Å². The van der Waals surface area contributed by atoms with Gasteiger partial charge < -0.3 is 16.2 Å². The first kappa shape index (κ1) is 15.8. The van der Waals surface area contributed by atoms with Gasteiger partial charge in [-0.05, 0) is 37.9 Å². The van der Waals surface area contributed by atoms with E-state index in [0.29, 0.717) is 37.7 Å². The van der Waals surface area contributed by atoms with Crippen LogP contribution in [0.5, 0.6) is 0 Å². The molecule has 0 saturated heterocycles. The van der Waals surface area contributed by atoms with E-state index < -0.39 is 17.9 Å². The molecule has 108 valence electrons. The number of aliphatic carboxylic acids is 1. The first-order valence-corrected chi connectivity index (χ1v) is 6.37. The number of amides is 1. The summed E-state index contributed by atoms with van der Waals surface area (Å²) in [7, 11) is 0. The summed E-state index contributed by atoms with van der Waals surface area (Å²) in [6.07, 6.45) is 2.29. The second-order valence-corrected chi connectivity index (χ2v) is 4.39. The summed E-state index contributed by atoms with van der Waals surface area (Å²) in [4.78, 5) is 33.7. The van der Waals surface area contributed by atoms with E-state index in [1.165, 1.54) is 12.1 Å². The number of carbonyl (C=O) groups is 3. The number of nitrogens with two attached hydrogens (primary N) is 1. The second-order valence-electron chi connectivity index (χ2n) is 4.39. The largest absolute Gasteiger partial charge is 0.480 e. The zero-order chi connectivity index (χ0) is 15.0.